The third-order valence-electron chi connectivity index (χ3n) is 5.27. The smallest absolute Gasteiger partial charge is 0.416 e. The predicted octanol–water partition coefficient (Wildman–Crippen LogP) is 5.12. The fourth-order valence-corrected chi connectivity index (χ4v) is 3.79. The Bertz CT molecular complexity index is 1360. The van der Waals surface area contributed by atoms with Gasteiger partial charge in [0, 0.05) is 0 Å². The zero-order valence-corrected chi connectivity index (χ0v) is 19.7. The number of nitrogens with one attached hydrogen (secondary N) is 1. The summed E-state index contributed by atoms with van der Waals surface area (Å²) in [5.41, 5.74) is -0.00882. The summed E-state index contributed by atoms with van der Waals surface area (Å²) in [5, 5.41) is 2.05. The summed E-state index contributed by atoms with van der Waals surface area (Å²) in [6, 6.07) is 18.4. The quantitative estimate of drug-likeness (QED) is 0.282. The Balaban J connectivity index is 1.65. The van der Waals surface area contributed by atoms with Crippen LogP contribution in [0, 0.1) is 0 Å². The van der Waals surface area contributed by atoms with Crippen LogP contribution in [0.3, 0.4) is 0 Å². The van der Waals surface area contributed by atoms with Crippen molar-refractivity contribution >= 4 is 40.9 Å². The largest absolute Gasteiger partial charge is 0.493 e. The molecule has 3 aromatic carbocycles. The van der Waals surface area contributed by atoms with Gasteiger partial charge in [0.2, 0.25) is 0 Å². The first kappa shape index (κ1) is 24.9. The second-order valence-electron chi connectivity index (χ2n) is 7.69. The molecule has 10 heteroatoms. The molecule has 3 aromatic rings. The van der Waals surface area contributed by atoms with Gasteiger partial charge in [0.05, 0.1) is 18.4 Å². The van der Waals surface area contributed by atoms with Crippen molar-refractivity contribution in [2.45, 2.75) is 12.8 Å². The maximum absolute atomic E-state index is 13.2. The summed E-state index contributed by atoms with van der Waals surface area (Å²) in [7, 11) is 1.48. The van der Waals surface area contributed by atoms with E-state index in [0.717, 1.165) is 28.7 Å². The van der Waals surface area contributed by atoms with Gasteiger partial charge in [-0.25, -0.2) is 0 Å². The van der Waals surface area contributed by atoms with Crippen molar-refractivity contribution in [1.82, 2.24) is 5.32 Å². The molecule has 1 aliphatic heterocycles. The Morgan fingerprint density at radius 1 is 0.972 bits per heavy atom. The van der Waals surface area contributed by atoms with Crippen molar-refractivity contribution in [3.63, 3.8) is 0 Å². The van der Waals surface area contributed by atoms with Gasteiger partial charge < -0.3 is 9.47 Å². The number of rotatable bonds is 6. The molecule has 0 atom stereocenters. The molecule has 1 aliphatic rings. The first-order valence-electron chi connectivity index (χ1n) is 10.6. The van der Waals surface area contributed by atoms with Crippen LogP contribution in [0.25, 0.3) is 6.08 Å². The summed E-state index contributed by atoms with van der Waals surface area (Å²) in [5.74, 6) is -0.801. The van der Waals surface area contributed by atoms with Crippen molar-refractivity contribution in [3.8, 4) is 11.5 Å². The number of carbonyl (C=O) groups excluding carboxylic acids is 2. The molecule has 0 aromatic heterocycles. The molecule has 0 spiro atoms. The number of halogens is 3. The van der Waals surface area contributed by atoms with E-state index in [9.17, 15) is 22.8 Å². The zero-order valence-electron chi connectivity index (χ0n) is 18.8. The van der Waals surface area contributed by atoms with Gasteiger partial charge in [-0.1, -0.05) is 42.5 Å². The number of nitrogens with zero attached hydrogens (tertiary/aromatic N) is 1. The van der Waals surface area contributed by atoms with Crippen LogP contribution in [0.2, 0.25) is 0 Å². The molecule has 2 amide bonds. The Hall–Kier alpha value is -4.18. The summed E-state index contributed by atoms with van der Waals surface area (Å²) in [6.45, 7) is 0.258. The fourth-order valence-electron chi connectivity index (χ4n) is 3.51. The highest BCUT2D eigenvalue weighted by atomic mass is 32.1. The standard InChI is InChI=1S/C26H19F3N2O4S/c1-34-21-11-10-17(13-22(21)35-15-16-6-3-2-4-7-16)12-20-23(32)30-25(36)31(24(20)33)19-9-5-8-18(14-19)26(27,28)29/h2-14H,15H2,1H3,(H,30,32,36)/b20-12+. The number of anilines is 1. The molecule has 0 saturated carbocycles. The molecule has 184 valence electrons. The van der Waals surface area contributed by atoms with Crippen LogP contribution in [0.15, 0.2) is 78.4 Å². The Morgan fingerprint density at radius 3 is 2.42 bits per heavy atom. The van der Waals surface area contributed by atoms with E-state index in [4.69, 9.17) is 21.7 Å². The average molecular weight is 513 g/mol. The van der Waals surface area contributed by atoms with Gasteiger partial charge in [0.25, 0.3) is 11.8 Å². The van der Waals surface area contributed by atoms with Crippen LogP contribution in [-0.2, 0) is 22.4 Å². The normalized spacial score (nSPS) is 15.2. The number of hydrogen-bond acceptors (Lipinski definition) is 5. The third kappa shape index (κ3) is 5.38. The van der Waals surface area contributed by atoms with Crippen LogP contribution in [0.4, 0.5) is 18.9 Å². The van der Waals surface area contributed by atoms with Gasteiger partial charge in [0.15, 0.2) is 16.6 Å². The SMILES string of the molecule is COc1ccc(/C=C2\C(=O)NC(=S)N(c3cccc(C(F)(F)F)c3)C2=O)cc1OCc1ccccc1. The second-order valence-corrected chi connectivity index (χ2v) is 8.08. The summed E-state index contributed by atoms with van der Waals surface area (Å²) in [4.78, 5) is 26.6. The summed E-state index contributed by atoms with van der Waals surface area (Å²) in [6.07, 6.45) is -3.30. The van der Waals surface area contributed by atoms with E-state index < -0.39 is 23.6 Å². The minimum absolute atomic E-state index is 0.118. The van der Waals surface area contributed by atoms with Gasteiger partial charge in [-0.15, -0.1) is 0 Å². The Labute approximate surface area is 209 Å². The van der Waals surface area contributed by atoms with E-state index in [2.05, 4.69) is 5.32 Å². The lowest BCUT2D eigenvalue weighted by Crippen LogP contribution is -2.54. The molecule has 36 heavy (non-hydrogen) atoms. The first-order chi connectivity index (χ1) is 17.2. The molecular formula is C26H19F3N2O4S. The number of carbonyl (C=O) groups is 2. The summed E-state index contributed by atoms with van der Waals surface area (Å²) < 4.78 is 50.8. The molecule has 1 fully saturated rings. The number of methoxy groups -OCH3 is 1. The topological polar surface area (TPSA) is 67.9 Å². The number of benzene rings is 3. The highest BCUT2D eigenvalue weighted by molar-refractivity contribution is 7.80. The molecule has 4 rings (SSSR count). The molecular weight excluding hydrogens is 493 g/mol. The maximum Gasteiger partial charge on any atom is 0.416 e. The van der Waals surface area contributed by atoms with Crippen LogP contribution >= 0.6 is 12.2 Å². The van der Waals surface area contributed by atoms with E-state index in [1.54, 1.807) is 18.2 Å². The lowest BCUT2D eigenvalue weighted by atomic mass is 10.1. The molecule has 1 N–H and O–H groups in total. The van der Waals surface area contributed by atoms with Crippen LogP contribution < -0.4 is 19.7 Å². The maximum atomic E-state index is 13.2. The first-order valence-corrected chi connectivity index (χ1v) is 11.0. The zero-order chi connectivity index (χ0) is 25.9. The number of alkyl halides is 3. The van der Waals surface area contributed by atoms with Crippen molar-refractivity contribution in [3.05, 3.63) is 95.1 Å². The van der Waals surface area contributed by atoms with Crippen molar-refractivity contribution < 1.29 is 32.2 Å². The number of amides is 2. The van der Waals surface area contributed by atoms with Gasteiger partial charge >= 0.3 is 6.18 Å². The molecule has 0 aliphatic carbocycles. The minimum atomic E-state index is -4.61. The lowest BCUT2D eigenvalue weighted by Gasteiger charge is -2.29. The molecule has 1 heterocycles. The van der Waals surface area contributed by atoms with Gasteiger partial charge in [-0.05, 0) is 59.8 Å². The monoisotopic (exact) mass is 512 g/mol. The van der Waals surface area contributed by atoms with Crippen molar-refractivity contribution in [2.24, 2.45) is 0 Å². The fraction of sp³-hybridized carbons (Fsp3) is 0.115. The van der Waals surface area contributed by atoms with Gasteiger partial charge in [0.1, 0.15) is 12.2 Å². The van der Waals surface area contributed by atoms with Crippen LogP contribution in [0.5, 0.6) is 11.5 Å². The van der Waals surface area contributed by atoms with Gasteiger partial charge in [-0.2, -0.15) is 13.2 Å². The highest BCUT2D eigenvalue weighted by Crippen LogP contribution is 2.33. The molecule has 0 unspecified atom stereocenters. The van der Waals surface area contributed by atoms with Crippen molar-refractivity contribution in [1.29, 1.82) is 0 Å². The van der Waals surface area contributed by atoms with Crippen LogP contribution in [0.1, 0.15) is 16.7 Å². The number of hydrogen-bond donors (Lipinski definition) is 1. The molecule has 0 radical (unpaired) electrons. The van der Waals surface area contributed by atoms with E-state index in [-0.39, 0.29) is 23.0 Å². The molecule has 1 saturated heterocycles. The highest BCUT2D eigenvalue weighted by Gasteiger charge is 2.36. The molecule has 0 bridgehead atoms. The van der Waals surface area contributed by atoms with Crippen molar-refractivity contribution in [2.75, 3.05) is 12.0 Å². The van der Waals surface area contributed by atoms with Crippen LogP contribution in [-0.4, -0.2) is 24.0 Å². The Kier molecular flexibility index (Phi) is 7.07. The molecule has 6 nitrogen and oxygen atoms in total. The van der Waals surface area contributed by atoms with Gasteiger partial charge in [-0.3, -0.25) is 19.8 Å². The lowest BCUT2D eigenvalue weighted by molar-refractivity contribution is -0.137. The minimum Gasteiger partial charge on any atom is -0.493 e. The number of ether oxygens (including phenoxy) is 2. The van der Waals surface area contributed by atoms with E-state index in [0.29, 0.717) is 17.1 Å². The average Bonchev–Trinajstić information content (AvgIpc) is 2.85. The summed E-state index contributed by atoms with van der Waals surface area (Å²) >= 11 is 5.08. The van der Waals surface area contributed by atoms with E-state index in [1.165, 1.54) is 19.3 Å². The number of thiocarbonyl (C=S) groups is 1. The Morgan fingerprint density at radius 2 is 1.72 bits per heavy atom. The van der Waals surface area contributed by atoms with E-state index >= 15 is 0 Å². The second kappa shape index (κ2) is 10.2. The third-order valence-corrected chi connectivity index (χ3v) is 5.55. The van der Waals surface area contributed by atoms with E-state index in [1.807, 2.05) is 30.3 Å². The predicted molar refractivity (Wildman–Crippen MR) is 131 cm³/mol.